The normalized spacial score (nSPS) is 29.6. The Labute approximate surface area is 76.0 Å². The van der Waals surface area contributed by atoms with E-state index in [2.05, 4.69) is 4.74 Å². The van der Waals surface area contributed by atoms with Crippen molar-refractivity contribution >= 4 is 0 Å². The summed E-state index contributed by atoms with van der Waals surface area (Å²) in [5, 5.41) is 0. The van der Waals surface area contributed by atoms with E-state index in [0.29, 0.717) is 0 Å². The molecule has 1 saturated carbocycles. The van der Waals surface area contributed by atoms with Gasteiger partial charge in [0, 0.05) is 0 Å². The van der Waals surface area contributed by atoms with E-state index in [0.717, 1.165) is 0 Å². The van der Waals surface area contributed by atoms with Gasteiger partial charge in [0.25, 0.3) is 0 Å². The fraction of sp³-hybridized carbons (Fsp3) is 1.00. The van der Waals surface area contributed by atoms with Crippen molar-refractivity contribution in [3.05, 3.63) is 0 Å². The molecular formula is C7H8F6O. The maximum Gasteiger partial charge on any atom is 0.522 e. The monoisotopic (exact) mass is 222 g/mol. The van der Waals surface area contributed by atoms with Gasteiger partial charge in [-0.1, -0.05) is 6.42 Å². The molecule has 1 nitrogen and oxygen atoms in total. The van der Waals surface area contributed by atoms with E-state index in [1.807, 2.05) is 0 Å². The summed E-state index contributed by atoms with van der Waals surface area (Å²) in [7, 11) is 0. The first kappa shape index (κ1) is 11.6. The van der Waals surface area contributed by atoms with E-state index in [1.54, 1.807) is 0 Å². The van der Waals surface area contributed by atoms with Gasteiger partial charge in [-0.25, -0.2) is 0 Å². The highest BCUT2D eigenvalue weighted by atomic mass is 19.4. The Kier molecular flexibility index (Phi) is 2.99. The topological polar surface area (TPSA) is 9.23 Å². The third-order valence-corrected chi connectivity index (χ3v) is 2.16. The molecule has 0 spiro atoms. The first-order valence-electron chi connectivity index (χ1n) is 4.01. The molecule has 0 aromatic rings. The van der Waals surface area contributed by atoms with Crippen LogP contribution in [0.1, 0.15) is 19.3 Å². The van der Waals surface area contributed by atoms with Crippen LogP contribution in [0.5, 0.6) is 0 Å². The molecule has 0 bridgehead atoms. The quantitative estimate of drug-likeness (QED) is 0.619. The van der Waals surface area contributed by atoms with Gasteiger partial charge in [-0.2, -0.15) is 13.2 Å². The Morgan fingerprint density at radius 1 is 0.929 bits per heavy atom. The van der Waals surface area contributed by atoms with Crippen molar-refractivity contribution in [3.63, 3.8) is 0 Å². The lowest BCUT2D eigenvalue weighted by Crippen LogP contribution is -2.35. The first-order valence-corrected chi connectivity index (χ1v) is 4.01. The van der Waals surface area contributed by atoms with Crippen LogP contribution in [0, 0.1) is 5.92 Å². The van der Waals surface area contributed by atoms with Crippen LogP contribution in [-0.4, -0.2) is 18.6 Å². The Hall–Kier alpha value is -0.460. The van der Waals surface area contributed by atoms with E-state index in [4.69, 9.17) is 0 Å². The lowest BCUT2D eigenvalue weighted by molar-refractivity contribution is -0.356. The lowest BCUT2D eigenvalue weighted by Gasteiger charge is -2.23. The zero-order valence-electron chi connectivity index (χ0n) is 6.95. The van der Waals surface area contributed by atoms with Crippen molar-refractivity contribution in [3.8, 4) is 0 Å². The molecule has 0 N–H and O–H groups in total. The van der Waals surface area contributed by atoms with Crippen molar-refractivity contribution in [2.24, 2.45) is 5.92 Å². The van der Waals surface area contributed by atoms with Crippen LogP contribution in [0.25, 0.3) is 0 Å². The van der Waals surface area contributed by atoms with Crippen LogP contribution >= 0.6 is 0 Å². The van der Waals surface area contributed by atoms with E-state index in [-0.39, 0.29) is 19.3 Å². The van der Waals surface area contributed by atoms with Gasteiger partial charge in [-0.05, 0) is 12.8 Å². The zero-order chi connectivity index (χ0) is 11.0. The number of alkyl halides is 6. The summed E-state index contributed by atoms with van der Waals surface area (Å²) in [5.41, 5.74) is 0. The van der Waals surface area contributed by atoms with Crippen LogP contribution < -0.4 is 0 Å². The van der Waals surface area contributed by atoms with Crippen LogP contribution in [-0.2, 0) is 4.74 Å². The number of rotatable bonds is 1. The summed E-state index contributed by atoms with van der Waals surface area (Å²) in [4.78, 5) is 0. The highest BCUT2D eigenvalue weighted by Crippen LogP contribution is 2.42. The van der Waals surface area contributed by atoms with Crippen molar-refractivity contribution in [1.82, 2.24) is 0 Å². The van der Waals surface area contributed by atoms with Gasteiger partial charge >= 0.3 is 12.5 Å². The van der Waals surface area contributed by atoms with E-state index >= 15 is 0 Å². The second kappa shape index (κ2) is 3.60. The van der Waals surface area contributed by atoms with Gasteiger partial charge in [-0.15, -0.1) is 13.2 Å². The van der Waals surface area contributed by atoms with Crippen LogP contribution in [0.2, 0.25) is 0 Å². The third kappa shape index (κ3) is 3.04. The van der Waals surface area contributed by atoms with Gasteiger partial charge in [0.05, 0.1) is 12.0 Å². The Balaban J connectivity index is 2.61. The van der Waals surface area contributed by atoms with Crippen molar-refractivity contribution < 1.29 is 31.1 Å². The van der Waals surface area contributed by atoms with Gasteiger partial charge < -0.3 is 0 Å². The molecule has 1 aliphatic rings. The molecule has 0 aromatic carbocycles. The standard InChI is InChI=1S/C7H8F6O/c8-6(9,10)4-2-1-3-5(4)14-7(11,12)13/h4-5H,1-3H2. The minimum absolute atomic E-state index is 0.116. The summed E-state index contributed by atoms with van der Waals surface area (Å²) >= 11 is 0. The molecule has 84 valence electrons. The Morgan fingerprint density at radius 3 is 1.93 bits per heavy atom. The summed E-state index contributed by atoms with van der Waals surface area (Å²) in [6, 6.07) is 0. The fourth-order valence-electron chi connectivity index (χ4n) is 1.61. The minimum atomic E-state index is -4.99. The largest absolute Gasteiger partial charge is 0.522 e. The SMILES string of the molecule is FC(F)(F)OC1CCCC1C(F)(F)F. The van der Waals surface area contributed by atoms with Crippen molar-refractivity contribution in [1.29, 1.82) is 0 Å². The minimum Gasteiger partial charge on any atom is -0.288 e. The molecule has 0 heterocycles. The van der Waals surface area contributed by atoms with Gasteiger partial charge in [-0.3, -0.25) is 4.74 Å². The number of hydrogen-bond acceptors (Lipinski definition) is 1. The highest BCUT2D eigenvalue weighted by molar-refractivity contribution is 4.83. The van der Waals surface area contributed by atoms with Gasteiger partial charge in [0.1, 0.15) is 0 Å². The average molecular weight is 222 g/mol. The first-order chi connectivity index (χ1) is 6.20. The summed E-state index contributed by atoms with van der Waals surface area (Å²) in [6.07, 6.45) is -11.7. The molecular weight excluding hydrogens is 214 g/mol. The summed E-state index contributed by atoms with van der Waals surface area (Å²) < 4.78 is 74.9. The fourth-order valence-corrected chi connectivity index (χ4v) is 1.61. The Morgan fingerprint density at radius 2 is 1.50 bits per heavy atom. The average Bonchev–Trinajstić information content (AvgIpc) is 2.29. The van der Waals surface area contributed by atoms with E-state index in [1.165, 1.54) is 0 Å². The number of halogens is 6. The molecule has 0 saturated heterocycles. The summed E-state index contributed by atoms with van der Waals surface area (Å²) in [6.45, 7) is 0. The highest BCUT2D eigenvalue weighted by Gasteiger charge is 2.50. The number of hydrogen-bond donors (Lipinski definition) is 0. The van der Waals surface area contributed by atoms with Crippen molar-refractivity contribution in [2.75, 3.05) is 0 Å². The zero-order valence-corrected chi connectivity index (χ0v) is 6.95. The molecule has 0 amide bonds. The van der Waals surface area contributed by atoms with Crippen LogP contribution in [0.4, 0.5) is 26.3 Å². The molecule has 1 aliphatic carbocycles. The second-order valence-electron chi connectivity index (χ2n) is 3.18. The predicted octanol–water partition coefficient (Wildman–Crippen LogP) is 3.25. The molecule has 1 fully saturated rings. The molecule has 0 aliphatic heterocycles. The van der Waals surface area contributed by atoms with Gasteiger partial charge in [0.15, 0.2) is 0 Å². The molecule has 14 heavy (non-hydrogen) atoms. The molecule has 2 unspecified atom stereocenters. The maximum atomic E-state index is 12.1. The van der Waals surface area contributed by atoms with Crippen LogP contribution in [0.3, 0.4) is 0 Å². The summed E-state index contributed by atoms with van der Waals surface area (Å²) in [5.74, 6) is -1.98. The molecule has 0 aromatic heterocycles. The Bertz CT molecular complexity index is 195. The maximum absolute atomic E-state index is 12.1. The molecule has 0 radical (unpaired) electrons. The predicted molar refractivity (Wildman–Crippen MR) is 34.3 cm³/mol. The number of ether oxygens (including phenoxy) is 1. The second-order valence-corrected chi connectivity index (χ2v) is 3.18. The molecule has 1 rings (SSSR count). The van der Waals surface area contributed by atoms with Crippen molar-refractivity contribution in [2.45, 2.75) is 37.9 Å². The van der Waals surface area contributed by atoms with E-state index in [9.17, 15) is 26.3 Å². The van der Waals surface area contributed by atoms with E-state index < -0.39 is 24.6 Å². The third-order valence-electron chi connectivity index (χ3n) is 2.16. The molecule has 2 atom stereocenters. The van der Waals surface area contributed by atoms with Gasteiger partial charge in [0.2, 0.25) is 0 Å². The molecule has 7 heteroatoms. The van der Waals surface area contributed by atoms with Crippen LogP contribution in [0.15, 0.2) is 0 Å². The smallest absolute Gasteiger partial charge is 0.288 e. The lowest BCUT2D eigenvalue weighted by atomic mass is 10.1.